The summed E-state index contributed by atoms with van der Waals surface area (Å²) in [5.74, 6) is -0.962. The molecule has 0 fully saturated rings. The average molecular weight is 363 g/mol. The van der Waals surface area contributed by atoms with Gasteiger partial charge in [0.05, 0.1) is 5.02 Å². The highest BCUT2D eigenvalue weighted by molar-refractivity contribution is 6.31. The van der Waals surface area contributed by atoms with Crippen LogP contribution in [-0.2, 0) is 9.59 Å². The maximum atomic E-state index is 13.1. The number of hydrogen-bond donors (Lipinski definition) is 1. The van der Waals surface area contributed by atoms with E-state index in [0.29, 0.717) is 5.69 Å². The minimum Gasteiger partial charge on any atom is -0.326 e. The predicted octanol–water partition coefficient (Wildman–Crippen LogP) is 4.48. The van der Waals surface area contributed by atoms with E-state index in [4.69, 9.17) is 11.6 Å². The maximum Gasteiger partial charge on any atom is 0.226 e. The van der Waals surface area contributed by atoms with E-state index < -0.39 is 5.82 Å². The monoisotopic (exact) mass is 362 g/mol. The standard InChI is InChI=1S/C19H20ClFN2O2/c1-12-4-6-16(10-13(12)2)23(14(3)24)9-8-19(25)22-15-5-7-18(21)17(20)11-15/h4-7,10-11H,8-9H2,1-3H3,(H,22,25). The Hall–Kier alpha value is -2.40. The number of aryl methyl sites for hydroxylation is 2. The molecule has 0 saturated carbocycles. The second-order valence-electron chi connectivity index (χ2n) is 5.87. The fourth-order valence-electron chi connectivity index (χ4n) is 2.37. The zero-order valence-electron chi connectivity index (χ0n) is 14.4. The molecular formula is C19H20ClFN2O2. The van der Waals surface area contributed by atoms with Gasteiger partial charge in [0.25, 0.3) is 0 Å². The lowest BCUT2D eigenvalue weighted by atomic mass is 10.1. The van der Waals surface area contributed by atoms with Crippen molar-refractivity contribution in [2.24, 2.45) is 0 Å². The highest BCUT2D eigenvalue weighted by atomic mass is 35.5. The first-order valence-electron chi connectivity index (χ1n) is 7.88. The van der Waals surface area contributed by atoms with E-state index in [1.54, 1.807) is 4.90 Å². The summed E-state index contributed by atoms with van der Waals surface area (Å²) in [5, 5.41) is 2.59. The summed E-state index contributed by atoms with van der Waals surface area (Å²) < 4.78 is 13.1. The van der Waals surface area contributed by atoms with Crippen molar-refractivity contribution in [2.45, 2.75) is 27.2 Å². The fourth-order valence-corrected chi connectivity index (χ4v) is 2.55. The van der Waals surface area contributed by atoms with Gasteiger partial charge in [0.2, 0.25) is 11.8 Å². The van der Waals surface area contributed by atoms with Crippen molar-refractivity contribution in [2.75, 3.05) is 16.8 Å². The zero-order chi connectivity index (χ0) is 18.6. The van der Waals surface area contributed by atoms with E-state index in [1.165, 1.54) is 25.1 Å². The molecule has 2 amide bonds. The van der Waals surface area contributed by atoms with Crippen LogP contribution in [0.3, 0.4) is 0 Å². The van der Waals surface area contributed by atoms with Gasteiger partial charge in [0.1, 0.15) is 5.82 Å². The van der Waals surface area contributed by atoms with Crippen molar-refractivity contribution >= 4 is 34.8 Å². The predicted molar refractivity (Wildman–Crippen MR) is 98.6 cm³/mol. The Morgan fingerprint density at radius 2 is 1.84 bits per heavy atom. The van der Waals surface area contributed by atoms with E-state index in [-0.39, 0.29) is 29.8 Å². The summed E-state index contributed by atoms with van der Waals surface area (Å²) in [7, 11) is 0. The SMILES string of the molecule is CC(=O)N(CCC(=O)Nc1ccc(F)c(Cl)c1)c1ccc(C)c(C)c1. The largest absolute Gasteiger partial charge is 0.326 e. The minimum atomic E-state index is -0.544. The first-order chi connectivity index (χ1) is 11.8. The first-order valence-corrected chi connectivity index (χ1v) is 8.26. The molecule has 0 aliphatic heterocycles. The molecule has 0 atom stereocenters. The molecule has 6 heteroatoms. The number of carbonyl (C=O) groups is 2. The molecule has 0 radical (unpaired) electrons. The van der Waals surface area contributed by atoms with Gasteiger partial charge in [0.15, 0.2) is 0 Å². The molecule has 25 heavy (non-hydrogen) atoms. The molecule has 132 valence electrons. The molecule has 0 aromatic heterocycles. The van der Waals surface area contributed by atoms with Gasteiger partial charge in [-0.1, -0.05) is 17.7 Å². The van der Waals surface area contributed by atoms with Crippen molar-refractivity contribution in [3.63, 3.8) is 0 Å². The number of amides is 2. The van der Waals surface area contributed by atoms with Crippen molar-refractivity contribution in [1.29, 1.82) is 0 Å². The van der Waals surface area contributed by atoms with E-state index in [2.05, 4.69) is 5.32 Å². The smallest absolute Gasteiger partial charge is 0.226 e. The summed E-state index contributed by atoms with van der Waals surface area (Å²) in [6.07, 6.45) is 0.113. The van der Waals surface area contributed by atoms with Crippen molar-refractivity contribution in [3.05, 3.63) is 58.4 Å². The van der Waals surface area contributed by atoms with Crippen LogP contribution in [-0.4, -0.2) is 18.4 Å². The Balaban J connectivity index is 2.02. The van der Waals surface area contributed by atoms with Crippen molar-refractivity contribution < 1.29 is 14.0 Å². The van der Waals surface area contributed by atoms with Crippen LogP contribution in [0, 0.1) is 19.7 Å². The minimum absolute atomic E-state index is 0.0571. The molecule has 0 heterocycles. The molecule has 0 unspecified atom stereocenters. The van der Waals surface area contributed by atoms with Crippen LogP contribution in [0.25, 0.3) is 0 Å². The van der Waals surface area contributed by atoms with Crippen molar-refractivity contribution in [1.82, 2.24) is 0 Å². The molecule has 0 aliphatic carbocycles. The van der Waals surface area contributed by atoms with Gasteiger partial charge in [-0.05, 0) is 55.3 Å². The molecule has 1 N–H and O–H groups in total. The van der Waals surface area contributed by atoms with E-state index in [1.807, 2.05) is 32.0 Å². The number of halogens is 2. The Bertz CT molecular complexity index is 808. The quantitative estimate of drug-likeness (QED) is 0.852. The van der Waals surface area contributed by atoms with Crippen LogP contribution < -0.4 is 10.2 Å². The Morgan fingerprint density at radius 3 is 2.44 bits per heavy atom. The van der Waals surface area contributed by atoms with E-state index in [0.717, 1.165) is 16.8 Å². The first kappa shape index (κ1) is 18.9. The van der Waals surface area contributed by atoms with Gasteiger partial charge in [0, 0.05) is 31.3 Å². The van der Waals surface area contributed by atoms with Crippen LogP contribution in [0.4, 0.5) is 15.8 Å². The molecular weight excluding hydrogens is 343 g/mol. The second kappa shape index (κ2) is 8.12. The lowest BCUT2D eigenvalue weighted by Crippen LogP contribution is -2.32. The molecule has 2 aromatic rings. The third kappa shape index (κ3) is 5.03. The lowest BCUT2D eigenvalue weighted by molar-refractivity contribution is -0.117. The number of hydrogen-bond acceptors (Lipinski definition) is 2. The highest BCUT2D eigenvalue weighted by Crippen LogP contribution is 2.21. The Morgan fingerprint density at radius 1 is 1.12 bits per heavy atom. The van der Waals surface area contributed by atoms with Gasteiger partial charge in [-0.25, -0.2) is 4.39 Å². The number of nitrogens with zero attached hydrogens (tertiary/aromatic N) is 1. The van der Waals surface area contributed by atoms with Crippen LogP contribution >= 0.6 is 11.6 Å². The molecule has 0 spiro atoms. The summed E-state index contributed by atoms with van der Waals surface area (Å²) in [6.45, 7) is 5.69. The van der Waals surface area contributed by atoms with Gasteiger partial charge in [-0.2, -0.15) is 0 Å². The van der Waals surface area contributed by atoms with Crippen LogP contribution in [0.5, 0.6) is 0 Å². The van der Waals surface area contributed by atoms with Gasteiger partial charge < -0.3 is 10.2 Å². The fraction of sp³-hybridized carbons (Fsp3) is 0.263. The number of nitrogens with one attached hydrogen (secondary N) is 1. The Labute approximate surface area is 151 Å². The normalized spacial score (nSPS) is 10.4. The molecule has 0 bridgehead atoms. The number of carbonyl (C=O) groups excluding carboxylic acids is 2. The number of rotatable bonds is 5. The molecule has 2 aromatic carbocycles. The van der Waals surface area contributed by atoms with Gasteiger partial charge in [-0.3, -0.25) is 9.59 Å². The third-order valence-corrected chi connectivity index (χ3v) is 4.24. The van der Waals surface area contributed by atoms with Crippen molar-refractivity contribution in [3.8, 4) is 0 Å². The van der Waals surface area contributed by atoms with Gasteiger partial charge >= 0.3 is 0 Å². The van der Waals surface area contributed by atoms with Gasteiger partial charge in [-0.15, -0.1) is 0 Å². The lowest BCUT2D eigenvalue weighted by Gasteiger charge is -2.22. The topological polar surface area (TPSA) is 49.4 Å². The maximum absolute atomic E-state index is 13.1. The van der Waals surface area contributed by atoms with Crippen LogP contribution in [0.15, 0.2) is 36.4 Å². The summed E-state index contributed by atoms with van der Waals surface area (Å²) in [6, 6.07) is 9.71. The van der Waals surface area contributed by atoms with E-state index in [9.17, 15) is 14.0 Å². The number of benzene rings is 2. The summed E-state index contributed by atoms with van der Waals surface area (Å²) in [4.78, 5) is 25.6. The molecule has 2 rings (SSSR count). The summed E-state index contributed by atoms with van der Waals surface area (Å²) in [5.41, 5.74) is 3.39. The highest BCUT2D eigenvalue weighted by Gasteiger charge is 2.14. The zero-order valence-corrected chi connectivity index (χ0v) is 15.2. The number of anilines is 2. The molecule has 4 nitrogen and oxygen atoms in total. The van der Waals surface area contributed by atoms with Crippen LogP contribution in [0.2, 0.25) is 5.02 Å². The average Bonchev–Trinajstić information content (AvgIpc) is 2.54. The Kier molecular flexibility index (Phi) is 6.15. The molecule has 0 aliphatic rings. The summed E-state index contributed by atoms with van der Waals surface area (Å²) >= 11 is 5.69. The third-order valence-electron chi connectivity index (χ3n) is 3.95. The van der Waals surface area contributed by atoms with E-state index >= 15 is 0 Å². The molecule has 0 saturated heterocycles. The van der Waals surface area contributed by atoms with Crippen LogP contribution in [0.1, 0.15) is 24.5 Å². The second-order valence-corrected chi connectivity index (χ2v) is 6.27.